The van der Waals surface area contributed by atoms with Crippen LogP contribution in [0.3, 0.4) is 0 Å². The number of piperidine rings is 1. The van der Waals surface area contributed by atoms with Gasteiger partial charge in [0.1, 0.15) is 24.2 Å². The molecule has 3 saturated heterocycles. The minimum atomic E-state index is -0.899. The lowest BCUT2D eigenvalue weighted by Gasteiger charge is -2.43. The van der Waals surface area contributed by atoms with E-state index in [1.54, 1.807) is 42.6 Å². The molecule has 3 fully saturated rings. The van der Waals surface area contributed by atoms with Crippen LogP contribution in [-0.2, 0) is 26.2 Å². The number of anilines is 5. The van der Waals surface area contributed by atoms with Crippen LogP contribution in [0.2, 0.25) is 0 Å². The molecule has 6 N–H and O–H groups in total. The number of ether oxygens (including phenoxy) is 1. The van der Waals surface area contributed by atoms with E-state index in [4.69, 9.17) is 9.72 Å². The summed E-state index contributed by atoms with van der Waals surface area (Å²) in [5.41, 5.74) is 6.84. The predicted molar refractivity (Wildman–Crippen MR) is 327 cm³/mol. The van der Waals surface area contributed by atoms with E-state index in [0.29, 0.717) is 59.0 Å². The number of carbonyl (C=O) groups is 5. The first kappa shape index (κ1) is 61.5. The molecule has 5 amide bonds. The molecule has 9 rings (SSSR count). The van der Waals surface area contributed by atoms with E-state index >= 15 is 0 Å². The number of para-hydroxylation sites is 1. The van der Waals surface area contributed by atoms with Gasteiger partial charge >= 0.3 is 0 Å². The normalized spacial score (nSPS) is 17.5. The van der Waals surface area contributed by atoms with Crippen LogP contribution in [0, 0.1) is 12.3 Å². The van der Waals surface area contributed by atoms with Crippen molar-refractivity contribution in [2.75, 3.05) is 75.5 Å². The van der Waals surface area contributed by atoms with Gasteiger partial charge < -0.3 is 51.1 Å². The van der Waals surface area contributed by atoms with Crippen LogP contribution in [0.4, 0.5) is 28.7 Å². The Kier molecular flexibility index (Phi) is 20.1. The highest BCUT2D eigenvalue weighted by molar-refractivity contribution is 7.13. The average Bonchev–Trinajstić information content (AvgIpc) is 4.04. The molecule has 0 radical (unpaired) electrons. The third-order valence-corrected chi connectivity index (χ3v) is 17.2. The average molecular weight is 1180 g/mol. The Morgan fingerprint density at radius 3 is 2.22 bits per heavy atom. The summed E-state index contributed by atoms with van der Waals surface area (Å²) >= 11 is 1.58. The van der Waals surface area contributed by atoms with Gasteiger partial charge in [0.15, 0.2) is 23.1 Å². The van der Waals surface area contributed by atoms with Gasteiger partial charge in [0.25, 0.3) is 5.91 Å². The summed E-state index contributed by atoms with van der Waals surface area (Å²) in [5, 5.41) is 38.9. The van der Waals surface area contributed by atoms with E-state index in [1.165, 1.54) is 11.9 Å². The van der Waals surface area contributed by atoms with Crippen LogP contribution < -0.4 is 36.2 Å². The molecule has 85 heavy (non-hydrogen) atoms. The fourth-order valence-corrected chi connectivity index (χ4v) is 12.2. The van der Waals surface area contributed by atoms with E-state index in [2.05, 4.69) is 61.6 Å². The van der Waals surface area contributed by atoms with Crippen molar-refractivity contribution in [3.8, 4) is 27.6 Å². The quantitative estimate of drug-likeness (QED) is 0.0383. The monoisotopic (exact) mass is 1180 g/mol. The second kappa shape index (κ2) is 27.7. The maximum atomic E-state index is 14.2. The summed E-state index contributed by atoms with van der Waals surface area (Å²) in [6.45, 7) is 14.5. The first-order valence-corrected chi connectivity index (χ1v) is 30.2. The van der Waals surface area contributed by atoms with Crippen molar-refractivity contribution in [1.29, 1.82) is 0 Å². The summed E-state index contributed by atoms with van der Waals surface area (Å²) < 4.78 is 7.40. The number of unbranched alkanes of at least 4 members (excludes halogenated alkanes) is 3. The molecule has 0 spiro atoms. The summed E-state index contributed by atoms with van der Waals surface area (Å²) in [5.74, 6) is 0.703. The Morgan fingerprint density at radius 1 is 0.835 bits per heavy atom. The number of aliphatic hydroxyl groups excluding tert-OH is 1. The maximum absolute atomic E-state index is 14.2. The Labute approximate surface area is 500 Å². The van der Waals surface area contributed by atoms with E-state index in [1.807, 2.05) is 106 Å². The van der Waals surface area contributed by atoms with Crippen molar-refractivity contribution in [2.45, 2.75) is 123 Å². The molecule has 0 unspecified atom stereocenters. The molecule has 23 nitrogen and oxygen atoms in total. The molecule has 452 valence electrons. The zero-order valence-corrected chi connectivity index (χ0v) is 50.7. The number of aryl methyl sites for hydroxylation is 2. The lowest BCUT2D eigenvalue weighted by Crippen LogP contribution is -2.57. The van der Waals surface area contributed by atoms with Gasteiger partial charge in [-0.15, -0.1) is 21.5 Å². The van der Waals surface area contributed by atoms with Crippen molar-refractivity contribution < 1.29 is 33.8 Å². The number of pyridine rings is 1. The van der Waals surface area contributed by atoms with Gasteiger partial charge in [0.05, 0.1) is 64.2 Å². The fourth-order valence-electron chi connectivity index (χ4n) is 11.4. The first-order chi connectivity index (χ1) is 40.9. The summed E-state index contributed by atoms with van der Waals surface area (Å²) in [6, 6.07) is 17.4. The number of benzene rings is 2. The van der Waals surface area contributed by atoms with Crippen LogP contribution in [-0.4, -0.2) is 168 Å². The molecule has 0 saturated carbocycles. The van der Waals surface area contributed by atoms with Crippen LogP contribution >= 0.6 is 11.3 Å². The number of carbonyl (C=O) groups excluding carboxylic acids is 5. The Hall–Kier alpha value is -8.09. The van der Waals surface area contributed by atoms with Gasteiger partial charge in [0.2, 0.25) is 23.6 Å². The van der Waals surface area contributed by atoms with Crippen molar-refractivity contribution >= 4 is 69.6 Å². The SMILES string of the molecule is CNC(=O)c1nnc(Nc2ccc(N3CCN(C4CCN(C(=O)CCCCCCC(=O)N[C@H](C(=O)N5C[C@H](O)C[C@H]5C(=O)N[C@@H](C)c5ccc(-c6scnc6C)cc5)C(C)(C)C)CC4)CC3)cn2)cc1Nc1cccc(-c2ncn(C)n2)c1OC. The molecule has 6 aromatic rings. The number of piperazine rings is 1. The minimum absolute atomic E-state index is 0.00406. The number of amides is 5. The Morgan fingerprint density at radius 2 is 1.58 bits per heavy atom. The van der Waals surface area contributed by atoms with Crippen molar-refractivity contribution in [2.24, 2.45) is 12.5 Å². The maximum Gasteiger partial charge on any atom is 0.273 e. The molecule has 4 atom stereocenters. The van der Waals surface area contributed by atoms with Gasteiger partial charge in [-0.2, -0.15) is 5.10 Å². The number of nitrogens with one attached hydrogen (secondary N) is 5. The molecule has 24 heteroatoms. The van der Waals surface area contributed by atoms with E-state index < -0.39 is 29.5 Å². The highest BCUT2D eigenvalue weighted by atomic mass is 32.1. The molecule has 4 aromatic heterocycles. The molecule has 2 aromatic carbocycles. The number of hydrogen-bond acceptors (Lipinski definition) is 18. The smallest absolute Gasteiger partial charge is 0.273 e. The third kappa shape index (κ3) is 15.2. The predicted octanol–water partition coefficient (Wildman–Crippen LogP) is 6.78. The molecular weight excluding hydrogens is 1100 g/mol. The Bertz CT molecular complexity index is 3280. The zero-order chi connectivity index (χ0) is 60.4. The fraction of sp³-hybridized carbons (Fsp3) is 0.492. The van der Waals surface area contributed by atoms with Gasteiger partial charge in [0, 0.05) is 91.3 Å². The largest absolute Gasteiger partial charge is 0.494 e. The second-order valence-corrected chi connectivity index (χ2v) is 24.1. The van der Waals surface area contributed by atoms with E-state index in [9.17, 15) is 29.1 Å². The molecule has 7 heterocycles. The summed E-state index contributed by atoms with van der Waals surface area (Å²) in [6.07, 6.45) is 8.22. The van der Waals surface area contributed by atoms with Crippen molar-refractivity contribution in [1.82, 2.24) is 65.6 Å². The van der Waals surface area contributed by atoms with Gasteiger partial charge in [-0.25, -0.2) is 15.0 Å². The standard InChI is InChI=1S/C61H80N16O7S/c1-38(40-18-20-41(21-19-40)55-39(2)65-37-85-55)66-58(81)48-32-44(78)35-77(48)60(83)56(61(3,4)5)69-51(79)16-11-9-10-12-17-52(80)76-26-24-42(25-27-76)74-28-30-75(31-29-74)43-22-23-49(63-34-43)68-50-33-47(53(71-70-50)59(82)62-6)67-46-15-13-14-45(54(46)84-8)57-64-36-73(7)72-57/h13-15,18-23,33-34,36-38,42,44,48,56,78H,9-12,16-17,24-32,35H2,1-8H3,(H,62,82)(H,66,81)(H,69,79)(H2,63,67,68,70)/t38-,44+,48-,56+/m0/s1. The van der Waals surface area contributed by atoms with E-state index in [0.717, 1.165) is 98.8 Å². The lowest BCUT2D eigenvalue weighted by molar-refractivity contribution is -0.144. The second-order valence-electron chi connectivity index (χ2n) is 23.3. The highest BCUT2D eigenvalue weighted by Gasteiger charge is 2.45. The molecular formula is C61H80N16O7S. The number of thiazole rings is 1. The minimum Gasteiger partial charge on any atom is -0.494 e. The van der Waals surface area contributed by atoms with Gasteiger partial charge in [-0.05, 0) is 80.3 Å². The number of methoxy groups -OCH3 is 1. The Balaban J connectivity index is 0.668. The highest BCUT2D eigenvalue weighted by Crippen LogP contribution is 2.38. The summed E-state index contributed by atoms with van der Waals surface area (Å²) in [7, 11) is 4.88. The van der Waals surface area contributed by atoms with Crippen LogP contribution in [0.1, 0.15) is 113 Å². The van der Waals surface area contributed by atoms with E-state index in [-0.39, 0.29) is 54.8 Å². The topological polar surface area (TPSA) is 270 Å². The number of likely N-dealkylation sites (tertiary alicyclic amines) is 2. The number of rotatable bonds is 22. The lowest BCUT2D eigenvalue weighted by atomic mass is 9.85. The van der Waals surface area contributed by atoms with Crippen LogP contribution in [0.25, 0.3) is 21.8 Å². The zero-order valence-electron chi connectivity index (χ0n) is 49.9. The third-order valence-electron chi connectivity index (χ3n) is 16.2. The molecule has 3 aliphatic heterocycles. The number of nitrogens with zero attached hydrogens (tertiary/aromatic N) is 11. The first-order valence-electron chi connectivity index (χ1n) is 29.4. The van der Waals surface area contributed by atoms with Gasteiger partial charge in [-0.3, -0.25) is 33.6 Å². The number of hydrogen-bond donors (Lipinski definition) is 6. The van der Waals surface area contributed by atoms with Crippen molar-refractivity contribution in [3.05, 3.63) is 95.6 Å². The van der Waals surface area contributed by atoms with Crippen LogP contribution in [0.5, 0.6) is 5.75 Å². The van der Waals surface area contributed by atoms with Gasteiger partial charge in [-0.1, -0.05) is 63.9 Å². The molecule has 3 aliphatic rings. The molecule has 0 bridgehead atoms. The van der Waals surface area contributed by atoms with Crippen molar-refractivity contribution in [3.63, 3.8) is 0 Å². The number of aliphatic hydroxyl groups is 1. The van der Waals surface area contributed by atoms with Crippen LogP contribution in [0.15, 0.2) is 78.7 Å². The number of aromatic nitrogens is 7. The molecule has 0 aliphatic carbocycles. The number of β-amino-alcohol motifs (C(OH)–C–C–N with tert-alkyl or cyclic N) is 1. The summed E-state index contributed by atoms with van der Waals surface area (Å²) in [4.78, 5) is 90.3.